The summed E-state index contributed by atoms with van der Waals surface area (Å²) in [4.78, 5) is 1.96. The molecule has 0 saturated carbocycles. The fourth-order valence-electron chi connectivity index (χ4n) is 3.71. The number of fused-ring (bicyclic) bond motifs is 1. The summed E-state index contributed by atoms with van der Waals surface area (Å²) in [7, 11) is 0. The maximum Gasteiger partial charge on any atom is 0.416 e. The maximum absolute atomic E-state index is 13.3. The van der Waals surface area contributed by atoms with Gasteiger partial charge in [-0.05, 0) is 41.5 Å². The van der Waals surface area contributed by atoms with Gasteiger partial charge in [-0.1, -0.05) is 48.6 Å². The van der Waals surface area contributed by atoms with Gasteiger partial charge in [-0.3, -0.25) is 0 Å². The summed E-state index contributed by atoms with van der Waals surface area (Å²) in [5, 5.41) is 18.6. The number of aliphatic hydroxyl groups excluding tert-OH is 2. The van der Waals surface area contributed by atoms with Gasteiger partial charge in [-0.25, -0.2) is 0 Å². The molecule has 0 aromatic heterocycles. The van der Waals surface area contributed by atoms with Gasteiger partial charge in [0.05, 0.1) is 18.2 Å². The van der Waals surface area contributed by atoms with Crippen LogP contribution in [0.25, 0.3) is 6.08 Å². The van der Waals surface area contributed by atoms with E-state index in [0.717, 1.165) is 23.0 Å². The Morgan fingerprint density at radius 2 is 1.75 bits per heavy atom. The third kappa shape index (κ3) is 4.64. The summed E-state index contributed by atoms with van der Waals surface area (Å²) < 4.78 is 45.6. The molecule has 4 rings (SSSR count). The summed E-state index contributed by atoms with van der Waals surface area (Å²) in [6.07, 6.45) is -1.65. The molecule has 2 atom stereocenters. The lowest BCUT2D eigenvalue weighted by atomic mass is 9.95. The first-order valence-corrected chi connectivity index (χ1v) is 10.1. The smallest absolute Gasteiger partial charge is 0.416 e. The minimum absolute atomic E-state index is 0.0759. The zero-order valence-electron chi connectivity index (χ0n) is 17.0. The van der Waals surface area contributed by atoms with E-state index in [4.69, 9.17) is 9.84 Å². The van der Waals surface area contributed by atoms with Crippen LogP contribution in [0.5, 0.6) is 5.75 Å². The van der Waals surface area contributed by atoms with Gasteiger partial charge in [-0.15, -0.1) is 0 Å². The largest absolute Gasteiger partial charge is 0.491 e. The van der Waals surface area contributed by atoms with Crippen molar-refractivity contribution in [2.24, 2.45) is 0 Å². The third-order valence-electron chi connectivity index (χ3n) is 5.24. The van der Waals surface area contributed by atoms with Crippen molar-refractivity contribution >= 4 is 17.5 Å². The Morgan fingerprint density at radius 3 is 2.53 bits per heavy atom. The second-order valence-electron chi connectivity index (χ2n) is 7.50. The fraction of sp³-hybridized carbons (Fsp3) is 0.200. The first-order chi connectivity index (χ1) is 15.4. The summed E-state index contributed by atoms with van der Waals surface area (Å²) in [6, 6.07) is 19.6. The topological polar surface area (TPSA) is 52.9 Å². The SMILES string of the molecule is OCC(O)COc1cccc(N2c3ccccc3C=C[C@H]2c2cccc(C(F)(F)F)c2)c1. The highest BCUT2D eigenvalue weighted by Gasteiger charge is 2.32. The van der Waals surface area contributed by atoms with Crippen LogP contribution in [-0.4, -0.2) is 29.5 Å². The first kappa shape index (κ1) is 21.9. The van der Waals surface area contributed by atoms with E-state index in [9.17, 15) is 18.3 Å². The van der Waals surface area contributed by atoms with Gasteiger partial charge in [0.1, 0.15) is 18.5 Å². The molecule has 1 heterocycles. The molecule has 0 spiro atoms. The highest BCUT2D eigenvalue weighted by molar-refractivity contribution is 5.79. The van der Waals surface area contributed by atoms with E-state index in [1.807, 2.05) is 47.4 Å². The van der Waals surface area contributed by atoms with Crippen LogP contribution in [0.4, 0.5) is 24.5 Å². The lowest BCUT2D eigenvalue weighted by Crippen LogP contribution is -2.26. The minimum atomic E-state index is -4.43. The Bertz CT molecular complexity index is 1110. The van der Waals surface area contributed by atoms with Crippen molar-refractivity contribution in [2.45, 2.75) is 18.3 Å². The molecule has 4 nitrogen and oxygen atoms in total. The molecule has 0 bridgehead atoms. The standard InChI is InChI=1S/C25H22F3NO3/c26-25(27,28)19-7-3-6-18(13-19)24-12-11-17-5-1-2-10-23(17)29(24)20-8-4-9-22(14-20)32-16-21(31)15-30/h1-14,21,24,30-31H,15-16H2/t21?,24-/m0/s1. The van der Waals surface area contributed by atoms with E-state index < -0.39 is 30.5 Å². The lowest BCUT2D eigenvalue weighted by molar-refractivity contribution is -0.137. The summed E-state index contributed by atoms with van der Waals surface area (Å²) in [5.74, 6) is 0.477. The van der Waals surface area contributed by atoms with E-state index in [-0.39, 0.29) is 6.61 Å². The number of hydrogen-bond donors (Lipinski definition) is 2. The third-order valence-corrected chi connectivity index (χ3v) is 5.24. The number of halogens is 3. The zero-order chi connectivity index (χ0) is 22.7. The molecule has 3 aromatic rings. The summed E-state index contributed by atoms with van der Waals surface area (Å²) >= 11 is 0. The van der Waals surface area contributed by atoms with E-state index in [1.54, 1.807) is 24.3 Å². The van der Waals surface area contributed by atoms with Crippen molar-refractivity contribution in [1.29, 1.82) is 0 Å². The highest BCUT2D eigenvalue weighted by Crippen LogP contribution is 2.43. The van der Waals surface area contributed by atoms with Crippen LogP contribution < -0.4 is 9.64 Å². The monoisotopic (exact) mass is 441 g/mol. The number of benzene rings is 3. The molecule has 1 unspecified atom stereocenters. The molecular weight excluding hydrogens is 419 g/mol. The molecule has 0 aliphatic carbocycles. The molecule has 0 saturated heterocycles. The summed E-state index contributed by atoms with van der Waals surface area (Å²) in [6.45, 7) is -0.491. The number of rotatable bonds is 6. The number of para-hydroxylation sites is 1. The average Bonchev–Trinajstić information content (AvgIpc) is 2.81. The van der Waals surface area contributed by atoms with Crippen molar-refractivity contribution in [3.63, 3.8) is 0 Å². The molecule has 1 aliphatic heterocycles. The number of anilines is 2. The second kappa shape index (κ2) is 9.06. The van der Waals surface area contributed by atoms with E-state index in [2.05, 4.69) is 0 Å². The first-order valence-electron chi connectivity index (χ1n) is 10.1. The maximum atomic E-state index is 13.3. The molecule has 166 valence electrons. The van der Waals surface area contributed by atoms with Gasteiger partial charge in [0.25, 0.3) is 0 Å². The zero-order valence-corrected chi connectivity index (χ0v) is 17.0. The Morgan fingerprint density at radius 1 is 0.969 bits per heavy atom. The molecule has 32 heavy (non-hydrogen) atoms. The van der Waals surface area contributed by atoms with Crippen molar-refractivity contribution in [2.75, 3.05) is 18.1 Å². The second-order valence-corrected chi connectivity index (χ2v) is 7.50. The molecule has 1 aliphatic rings. The van der Waals surface area contributed by atoms with Crippen LogP contribution in [0.2, 0.25) is 0 Å². The van der Waals surface area contributed by atoms with Gasteiger partial charge in [0.2, 0.25) is 0 Å². The van der Waals surface area contributed by atoms with Crippen molar-refractivity contribution in [1.82, 2.24) is 0 Å². The predicted molar refractivity (Wildman–Crippen MR) is 117 cm³/mol. The molecule has 7 heteroatoms. The number of hydrogen-bond acceptors (Lipinski definition) is 4. The van der Waals surface area contributed by atoms with Crippen LogP contribution >= 0.6 is 0 Å². The quantitative estimate of drug-likeness (QED) is 0.542. The van der Waals surface area contributed by atoms with Gasteiger partial charge >= 0.3 is 6.18 Å². The van der Waals surface area contributed by atoms with E-state index >= 15 is 0 Å². The van der Waals surface area contributed by atoms with Gasteiger partial charge < -0.3 is 19.8 Å². The van der Waals surface area contributed by atoms with Gasteiger partial charge in [0.15, 0.2) is 0 Å². The van der Waals surface area contributed by atoms with Crippen LogP contribution in [0.1, 0.15) is 22.7 Å². The van der Waals surface area contributed by atoms with Crippen LogP contribution in [0.3, 0.4) is 0 Å². The van der Waals surface area contributed by atoms with E-state index in [1.165, 1.54) is 12.1 Å². The highest BCUT2D eigenvalue weighted by atomic mass is 19.4. The predicted octanol–water partition coefficient (Wildman–Crippen LogP) is 5.34. The van der Waals surface area contributed by atoms with Crippen molar-refractivity contribution in [3.05, 3.63) is 95.6 Å². The molecule has 3 aromatic carbocycles. The number of ether oxygens (including phenoxy) is 1. The molecule has 0 amide bonds. The van der Waals surface area contributed by atoms with Crippen LogP contribution in [0.15, 0.2) is 78.9 Å². The number of aliphatic hydroxyl groups is 2. The van der Waals surface area contributed by atoms with E-state index in [0.29, 0.717) is 11.3 Å². The molecular formula is C25H22F3NO3. The Balaban J connectivity index is 1.76. The number of alkyl halides is 3. The number of nitrogens with zero attached hydrogens (tertiary/aromatic N) is 1. The van der Waals surface area contributed by atoms with Crippen molar-refractivity contribution in [3.8, 4) is 5.75 Å². The molecule has 2 N–H and O–H groups in total. The lowest BCUT2D eigenvalue weighted by Gasteiger charge is -2.36. The average molecular weight is 441 g/mol. The fourth-order valence-corrected chi connectivity index (χ4v) is 3.71. The Kier molecular flexibility index (Phi) is 6.21. The van der Waals surface area contributed by atoms with Crippen LogP contribution in [-0.2, 0) is 6.18 Å². The van der Waals surface area contributed by atoms with Crippen LogP contribution in [0, 0.1) is 0 Å². The Labute approximate surface area is 183 Å². The van der Waals surface area contributed by atoms with Crippen molar-refractivity contribution < 1.29 is 28.1 Å². The summed E-state index contributed by atoms with van der Waals surface area (Å²) in [5.41, 5.74) is 2.33. The van der Waals surface area contributed by atoms with Gasteiger partial charge in [0, 0.05) is 17.4 Å². The normalized spacial score (nSPS) is 16.5. The van der Waals surface area contributed by atoms with Gasteiger partial charge in [-0.2, -0.15) is 13.2 Å². The Hall–Kier alpha value is -3.29. The minimum Gasteiger partial charge on any atom is -0.491 e. The molecule has 0 radical (unpaired) electrons. The molecule has 0 fully saturated rings.